The molecule has 0 radical (unpaired) electrons. The number of nitrogens with one attached hydrogen (secondary N) is 1. The molecule has 41 heavy (non-hydrogen) atoms. The molecule has 0 aliphatic rings. The molecule has 0 atom stereocenters. The summed E-state index contributed by atoms with van der Waals surface area (Å²) in [5, 5.41) is 3.78. The van der Waals surface area contributed by atoms with E-state index in [-0.39, 0.29) is 12.5 Å². The fourth-order valence-corrected chi connectivity index (χ4v) is 5.10. The minimum atomic E-state index is -0.0852. The number of para-hydroxylation sites is 2. The summed E-state index contributed by atoms with van der Waals surface area (Å²) in [4.78, 5) is 17.2. The molecule has 4 aromatic rings. The van der Waals surface area contributed by atoms with Crippen molar-refractivity contribution in [3.8, 4) is 11.5 Å². The van der Waals surface area contributed by atoms with E-state index in [0.29, 0.717) is 13.2 Å². The van der Waals surface area contributed by atoms with Gasteiger partial charge in [-0.1, -0.05) is 42.3 Å². The van der Waals surface area contributed by atoms with Gasteiger partial charge in [-0.2, -0.15) is 0 Å². The maximum absolute atomic E-state index is 12.2. The third kappa shape index (κ3) is 8.74. The number of aromatic nitrogens is 2. The highest BCUT2D eigenvalue weighted by molar-refractivity contribution is 6.32. The van der Waals surface area contributed by atoms with Crippen molar-refractivity contribution in [3.05, 3.63) is 87.7 Å². The first-order chi connectivity index (χ1) is 19.8. The molecule has 0 fully saturated rings. The number of hydrogen-bond donors (Lipinski definition) is 1. The van der Waals surface area contributed by atoms with Crippen molar-refractivity contribution in [2.24, 2.45) is 0 Å². The van der Waals surface area contributed by atoms with Gasteiger partial charge in [0.25, 0.3) is 5.91 Å². The Morgan fingerprint density at radius 1 is 0.878 bits per heavy atom. The third-order valence-corrected chi connectivity index (χ3v) is 7.89. The van der Waals surface area contributed by atoms with E-state index in [2.05, 4.69) is 28.1 Å². The highest BCUT2D eigenvalue weighted by atomic mass is 35.5. The first-order valence-corrected chi connectivity index (χ1v) is 15.0. The minimum absolute atomic E-state index is 0.0400. The highest BCUT2D eigenvalue weighted by Crippen LogP contribution is 2.26. The zero-order valence-corrected chi connectivity index (χ0v) is 25.5. The summed E-state index contributed by atoms with van der Waals surface area (Å²) in [7, 11) is 0. The van der Waals surface area contributed by atoms with Crippen LogP contribution in [0.2, 0.25) is 5.02 Å². The lowest BCUT2D eigenvalue weighted by Crippen LogP contribution is -2.29. The fraction of sp³-hybridized carbons (Fsp3) is 0.412. The predicted octanol–water partition coefficient (Wildman–Crippen LogP) is 7.69. The molecule has 7 heteroatoms. The van der Waals surface area contributed by atoms with Gasteiger partial charge < -0.3 is 19.4 Å². The Balaban J connectivity index is 1.18. The van der Waals surface area contributed by atoms with Crippen molar-refractivity contribution in [2.75, 3.05) is 19.8 Å². The topological polar surface area (TPSA) is 65.4 Å². The molecule has 1 heterocycles. The summed E-state index contributed by atoms with van der Waals surface area (Å²) in [6, 6.07) is 18.4. The molecular formula is C34H42ClN3O3. The van der Waals surface area contributed by atoms with Crippen molar-refractivity contribution in [2.45, 2.75) is 72.8 Å². The standard InChI is InChI=1S/C34H42ClN3O3/c1-24-15-16-25(2)31(20-24)41-23-33(39)36-17-9-5-6-14-32-37-29-12-7-8-13-30(29)38(32)18-10-11-19-40-28-21-26(3)34(35)27(4)22-28/h7-8,12-13,15-16,20-22H,5-6,9-11,14,17-19,23H2,1-4H3,(H,36,39). The zero-order chi connectivity index (χ0) is 29.2. The van der Waals surface area contributed by atoms with Crippen molar-refractivity contribution >= 4 is 28.5 Å². The summed E-state index contributed by atoms with van der Waals surface area (Å²) in [6.45, 7) is 10.3. The number of unbranched alkanes of at least 4 members (excludes halogenated alkanes) is 3. The van der Waals surface area contributed by atoms with Gasteiger partial charge in [0.1, 0.15) is 17.3 Å². The van der Waals surface area contributed by atoms with Gasteiger partial charge in [0.2, 0.25) is 0 Å². The van der Waals surface area contributed by atoms with Crippen LogP contribution in [0.15, 0.2) is 54.6 Å². The third-order valence-electron chi connectivity index (χ3n) is 7.29. The number of halogens is 1. The lowest BCUT2D eigenvalue weighted by molar-refractivity contribution is -0.123. The van der Waals surface area contributed by atoms with Crippen LogP contribution in [-0.2, 0) is 17.8 Å². The van der Waals surface area contributed by atoms with Crippen LogP contribution in [0.5, 0.6) is 11.5 Å². The van der Waals surface area contributed by atoms with Crippen LogP contribution in [0.1, 0.15) is 60.2 Å². The van der Waals surface area contributed by atoms with Crippen LogP contribution < -0.4 is 14.8 Å². The van der Waals surface area contributed by atoms with Crippen molar-refractivity contribution in [3.63, 3.8) is 0 Å². The van der Waals surface area contributed by atoms with Gasteiger partial charge in [0.05, 0.1) is 17.6 Å². The smallest absolute Gasteiger partial charge is 0.257 e. The van der Waals surface area contributed by atoms with E-state index in [1.807, 2.05) is 64.1 Å². The number of carbonyl (C=O) groups excluding carboxylic acids is 1. The van der Waals surface area contributed by atoms with Crippen LogP contribution >= 0.6 is 11.6 Å². The van der Waals surface area contributed by atoms with E-state index >= 15 is 0 Å². The minimum Gasteiger partial charge on any atom is -0.494 e. The second-order valence-electron chi connectivity index (χ2n) is 10.8. The number of fused-ring (bicyclic) bond motifs is 1. The first kappa shape index (κ1) is 30.4. The predicted molar refractivity (Wildman–Crippen MR) is 167 cm³/mol. The van der Waals surface area contributed by atoms with E-state index in [1.54, 1.807) is 0 Å². The Morgan fingerprint density at radius 2 is 1.66 bits per heavy atom. The summed E-state index contributed by atoms with van der Waals surface area (Å²) >= 11 is 6.28. The molecular weight excluding hydrogens is 534 g/mol. The molecule has 218 valence electrons. The van der Waals surface area contributed by atoms with Gasteiger partial charge in [0.15, 0.2) is 6.61 Å². The fourth-order valence-electron chi connectivity index (χ4n) is 4.99. The SMILES string of the molecule is Cc1ccc(C)c(OCC(=O)NCCCCCc2nc3ccccc3n2CCCCOc2cc(C)c(Cl)c(C)c2)c1. The molecule has 0 bridgehead atoms. The number of carbonyl (C=O) groups is 1. The van der Waals surface area contributed by atoms with Crippen molar-refractivity contribution < 1.29 is 14.3 Å². The number of amides is 1. The summed E-state index contributed by atoms with van der Waals surface area (Å²) in [6.07, 6.45) is 5.86. The monoisotopic (exact) mass is 575 g/mol. The van der Waals surface area contributed by atoms with Gasteiger partial charge in [-0.25, -0.2) is 4.98 Å². The average molecular weight is 576 g/mol. The second-order valence-corrected chi connectivity index (χ2v) is 11.2. The van der Waals surface area contributed by atoms with Gasteiger partial charge in [0, 0.05) is 24.5 Å². The molecule has 1 aromatic heterocycles. The van der Waals surface area contributed by atoms with Crippen LogP contribution in [0.25, 0.3) is 11.0 Å². The van der Waals surface area contributed by atoms with Gasteiger partial charge in [-0.3, -0.25) is 4.79 Å². The maximum Gasteiger partial charge on any atom is 0.257 e. The van der Waals surface area contributed by atoms with Crippen LogP contribution in [0.3, 0.4) is 0 Å². The number of benzene rings is 3. The Morgan fingerprint density at radius 3 is 2.46 bits per heavy atom. The molecule has 1 amide bonds. The summed E-state index contributed by atoms with van der Waals surface area (Å²) in [5.41, 5.74) is 6.46. The lowest BCUT2D eigenvalue weighted by atomic mass is 10.1. The van der Waals surface area contributed by atoms with E-state index in [9.17, 15) is 4.79 Å². The van der Waals surface area contributed by atoms with E-state index in [4.69, 9.17) is 26.1 Å². The Hall–Kier alpha value is -3.51. The molecule has 0 aliphatic heterocycles. The highest BCUT2D eigenvalue weighted by Gasteiger charge is 2.11. The largest absolute Gasteiger partial charge is 0.494 e. The van der Waals surface area contributed by atoms with Gasteiger partial charge >= 0.3 is 0 Å². The summed E-state index contributed by atoms with van der Waals surface area (Å²) in [5.74, 6) is 2.69. The number of imidazole rings is 1. The number of ether oxygens (including phenoxy) is 2. The number of hydrogen-bond acceptors (Lipinski definition) is 4. The maximum atomic E-state index is 12.2. The Labute approximate surface area is 249 Å². The molecule has 0 unspecified atom stereocenters. The van der Waals surface area contributed by atoms with Crippen LogP contribution in [0.4, 0.5) is 0 Å². The molecule has 3 aromatic carbocycles. The van der Waals surface area contributed by atoms with E-state index in [1.165, 1.54) is 5.52 Å². The zero-order valence-electron chi connectivity index (χ0n) is 24.8. The number of nitrogens with zero attached hydrogens (tertiary/aromatic N) is 2. The molecule has 0 aliphatic carbocycles. The first-order valence-electron chi connectivity index (χ1n) is 14.6. The van der Waals surface area contributed by atoms with Crippen molar-refractivity contribution in [1.29, 1.82) is 0 Å². The van der Waals surface area contributed by atoms with Gasteiger partial charge in [-0.15, -0.1) is 0 Å². The van der Waals surface area contributed by atoms with Gasteiger partial charge in [-0.05, 0) is 106 Å². The van der Waals surface area contributed by atoms with Crippen LogP contribution in [-0.4, -0.2) is 35.2 Å². The Kier molecular flexibility index (Phi) is 11.1. The molecule has 1 N–H and O–H groups in total. The number of rotatable bonds is 15. The average Bonchev–Trinajstić information content (AvgIpc) is 3.31. The quantitative estimate of drug-likeness (QED) is 0.148. The summed E-state index contributed by atoms with van der Waals surface area (Å²) < 4.78 is 14.1. The van der Waals surface area contributed by atoms with Crippen molar-refractivity contribution in [1.82, 2.24) is 14.9 Å². The Bertz CT molecular complexity index is 1440. The molecule has 4 rings (SSSR count). The number of aryl methyl sites for hydroxylation is 6. The van der Waals surface area contributed by atoms with Crippen LogP contribution in [0, 0.1) is 27.7 Å². The molecule has 0 saturated carbocycles. The molecule has 0 spiro atoms. The second kappa shape index (κ2) is 14.9. The van der Waals surface area contributed by atoms with E-state index < -0.39 is 0 Å². The lowest BCUT2D eigenvalue weighted by Gasteiger charge is -2.12. The van der Waals surface area contributed by atoms with E-state index in [0.717, 1.165) is 95.2 Å². The molecule has 0 saturated heterocycles. The molecule has 6 nitrogen and oxygen atoms in total. The normalized spacial score (nSPS) is 11.1.